The Morgan fingerprint density at radius 3 is 2.73 bits per heavy atom. The summed E-state index contributed by atoms with van der Waals surface area (Å²) in [6.45, 7) is 1.47. The lowest BCUT2D eigenvalue weighted by atomic mass is 9.78. The average Bonchev–Trinajstić information content (AvgIpc) is 1.95. The molecule has 0 atom stereocenters. The number of nitrogens with one attached hydrogen (secondary N) is 1. The van der Waals surface area contributed by atoms with Gasteiger partial charge in [0.25, 0.3) is 0 Å². The van der Waals surface area contributed by atoms with E-state index in [1.807, 2.05) is 0 Å². The summed E-state index contributed by atoms with van der Waals surface area (Å²) in [5.41, 5.74) is -0.210. The van der Waals surface area contributed by atoms with Crippen molar-refractivity contribution in [2.24, 2.45) is 0 Å². The highest BCUT2D eigenvalue weighted by Crippen LogP contribution is 2.30. The van der Waals surface area contributed by atoms with Crippen molar-refractivity contribution in [2.75, 3.05) is 20.3 Å². The average molecular weight is 154 g/mol. The molecule has 62 valence electrons. The highest BCUT2D eigenvalue weighted by molar-refractivity contribution is 5.12. The van der Waals surface area contributed by atoms with E-state index in [1.165, 1.54) is 6.42 Å². The molecule has 0 radical (unpaired) electrons. The van der Waals surface area contributed by atoms with Gasteiger partial charge in [-0.1, -0.05) is 0 Å². The van der Waals surface area contributed by atoms with Crippen LogP contribution >= 0.6 is 0 Å². The summed E-state index contributed by atoms with van der Waals surface area (Å²) >= 11 is 0. The molecule has 1 rings (SSSR count). The van der Waals surface area contributed by atoms with Crippen LogP contribution in [0.25, 0.3) is 0 Å². The number of rotatable bonds is 4. The van der Waals surface area contributed by atoms with E-state index in [0.717, 1.165) is 19.4 Å². The van der Waals surface area contributed by atoms with Crippen molar-refractivity contribution in [1.82, 2.24) is 5.32 Å². The molecule has 3 heteroatoms. The highest BCUT2D eigenvalue weighted by Gasteiger charge is 2.36. The Labute approximate surface area is 67.3 Å². The monoisotopic (exact) mass is 154 g/mol. The van der Waals surface area contributed by atoms with Crippen LogP contribution in [0.15, 0.2) is 0 Å². The van der Waals surface area contributed by atoms with Crippen LogP contribution in [-0.4, -0.2) is 25.8 Å². The first kappa shape index (κ1) is 8.51. The second-order valence-corrected chi connectivity index (χ2v) is 2.97. The van der Waals surface area contributed by atoms with E-state index in [9.17, 15) is 0 Å². The quantitative estimate of drug-likeness (QED) is 0.605. The van der Waals surface area contributed by atoms with Gasteiger partial charge in [-0.2, -0.15) is 5.26 Å². The Morgan fingerprint density at radius 1 is 1.64 bits per heavy atom. The Kier molecular flexibility index (Phi) is 2.86. The van der Waals surface area contributed by atoms with E-state index in [4.69, 9.17) is 10.00 Å². The van der Waals surface area contributed by atoms with E-state index in [2.05, 4.69) is 11.4 Å². The number of nitrogens with zero attached hydrogens (tertiary/aromatic N) is 1. The molecule has 1 fully saturated rings. The lowest BCUT2D eigenvalue weighted by Gasteiger charge is -2.35. The van der Waals surface area contributed by atoms with Crippen molar-refractivity contribution in [3.05, 3.63) is 0 Å². The van der Waals surface area contributed by atoms with Crippen LogP contribution < -0.4 is 5.32 Å². The molecule has 0 aromatic rings. The normalized spacial score (nSPS) is 20.4. The number of nitriles is 1. The van der Waals surface area contributed by atoms with E-state index in [-0.39, 0.29) is 5.54 Å². The second-order valence-electron chi connectivity index (χ2n) is 2.97. The molecule has 0 heterocycles. The molecule has 0 aromatic carbocycles. The van der Waals surface area contributed by atoms with E-state index < -0.39 is 0 Å². The maximum absolute atomic E-state index is 8.78. The minimum Gasteiger partial charge on any atom is -0.383 e. The van der Waals surface area contributed by atoms with Crippen LogP contribution in [0.1, 0.15) is 19.3 Å². The highest BCUT2D eigenvalue weighted by atomic mass is 16.5. The van der Waals surface area contributed by atoms with Gasteiger partial charge in [0.1, 0.15) is 5.54 Å². The summed E-state index contributed by atoms with van der Waals surface area (Å²) in [5, 5.41) is 12.0. The topological polar surface area (TPSA) is 45.0 Å². The number of hydrogen-bond acceptors (Lipinski definition) is 3. The van der Waals surface area contributed by atoms with Crippen LogP contribution in [0.2, 0.25) is 0 Å². The van der Waals surface area contributed by atoms with Crippen LogP contribution in [0.4, 0.5) is 0 Å². The van der Waals surface area contributed by atoms with Gasteiger partial charge in [0, 0.05) is 13.7 Å². The van der Waals surface area contributed by atoms with Crippen LogP contribution in [0, 0.1) is 11.3 Å². The third-order valence-electron chi connectivity index (χ3n) is 2.19. The molecular weight excluding hydrogens is 140 g/mol. The molecule has 0 aliphatic heterocycles. The largest absolute Gasteiger partial charge is 0.383 e. The molecule has 0 bridgehead atoms. The molecule has 0 amide bonds. The SMILES string of the molecule is COCCNC1(C#N)CCC1. The summed E-state index contributed by atoms with van der Waals surface area (Å²) in [4.78, 5) is 0. The number of ether oxygens (including phenoxy) is 1. The predicted octanol–water partition coefficient (Wildman–Crippen LogP) is 0.669. The molecular formula is C8H14N2O. The minimum absolute atomic E-state index is 0.210. The maximum Gasteiger partial charge on any atom is 0.106 e. The molecule has 1 aliphatic carbocycles. The fourth-order valence-electron chi connectivity index (χ4n) is 1.25. The van der Waals surface area contributed by atoms with Crippen molar-refractivity contribution in [2.45, 2.75) is 24.8 Å². The predicted molar refractivity (Wildman–Crippen MR) is 42.1 cm³/mol. The Balaban J connectivity index is 2.18. The van der Waals surface area contributed by atoms with Crippen molar-refractivity contribution in [1.29, 1.82) is 5.26 Å². The zero-order valence-corrected chi connectivity index (χ0v) is 6.89. The lowest BCUT2D eigenvalue weighted by Crippen LogP contribution is -2.50. The molecule has 0 saturated heterocycles. The van der Waals surface area contributed by atoms with Crippen molar-refractivity contribution >= 4 is 0 Å². The summed E-state index contributed by atoms with van der Waals surface area (Å²) in [5.74, 6) is 0. The number of hydrogen-bond donors (Lipinski definition) is 1. The van der Waals surface area contributed by atoms with Gasteiger partial charge in [-0.05, 0) is 19.3 Å². The van der Waals surface area contributed by atoms with Gasteiger partial charge in [0.2, 0.25) is 0 Å². The first-order valence-electron chi connectivity index (χ1n) is 3.98. The lowest BCUT2D eigenvalue weighted by molar-refractivity contribution is 0.173. The Bertz CT molecular complexity index is 158. The zero-order valence-electron chi connectivity index (χ0n) is 6.89. The van der Waals surface area contributed by atoms with Gasteiger partial charge in [0.05, 0.1) is 12.7 Å². The Morgan fingerprint density at radius 2 is 2.36 bits per heavy atom. The van der Waals surface area contributed by atoms with E-state index in [1.54, 1.807) is 7.11 Å². The molecule has 3 nitrogen and oxygen atoms in total. The molecule has 11 heavy (non-hydrogen) atoms. The van der Waals surface area contributed by atoms with Gasteiger partial charge in [-0.15, -0.1) is 0 Å². The summed E-state index contributed by atoms with van der Waals surface area (Å²) < 4.78 is 4.88. The standard InChI is InChI=1S/C8H14N2O/c1-11-6-5-10-8(7-9)3-2-4-8/h10H,2-6H2,1H3. The third-order valence-corrected chi connectivity index (χ3v) is 2.19. The molecule has 1 aliphatic rings. The second kappa shape index (κ2) is 3.70. The summed E-state index contributed by atoms with van der Waals surface area (Å²) in [6.07, 6.45) is 3.16. The molecule has 0 unspecified atom stereocenters. The van der Waals surface area contributed by atoms with Crippen molar-refractivity contribution in [3.63, 3.8) is 0 Å². The first-order chi connectivity index (χ1) is 5.33. The fraction of sp³-hybridized carbons (Fsp3) is 0.875. The first-order valence-corrected chi connectivity index (χ1v) is 3.98. The molecule has 1 saturated carbocycles. The van der Waals surface area contributed by atoms with Crippen molar-refractivity contribution in [3.8, 4) is 6.07 Å². The number of methoxy groups -OCH3 is 1. The summed E-state index contributed by atoms with van der Waals surface area (Å²) in [7, 11) is 1.67. The van der Waals surface area contributed by atoms with Crippen LogP contribution in [0.3, 0.4) is 0 Å². The van der Waals surface area contributed by atoms with E-state index >= 15 is 0 Å². The minimum atomic E-state index is -0.210. The van der Waals surface area contributed by atoms with Gasteiger partial charge in [-0.3, -0.25) is 5.32 Å². The third kappa shape index (κ3) is 1.92. The van der Waals surface area contributed by atoms with Gasteiger partial charge < -0.3 is 4.74 Å². The van der Waals surface area contributed by atoms with Gasteiger partial charge >= 0.3 is 0 Å². The smallest absolute Gasteiger partial charge is 0.106 e. The maximum atomic E-state index is 8.78. The zero-order chi connectivity index (χ0) is 8.16. The van der Waals surface area contributed by atoms with E-state index in [0.29, 0.717) is 6.61 Å². The Hall–Kier alpha value is -0.590. The van der Waals surface area contributed by atoms with Crippen LogP contribution in [0.5, 0.6) is 0 Å². The molecule has 0 aromatic heterocycles. The molecule has 1 N–H and O–H groups in total. The van der Waals surface area contributed by atoms with Crippen molar-refractivity contribution < 1.29 is 4.74 Å². The molecule has 0 spiro atoms. The van der Waals surface area contributed by atoms with Gasteiger partial charge in [0.15, 0.2) is 0 Å². The van der Waals surface area contributed by atoms with Crippen LogP contribution in [-0.2, 0) is 4.74 Å². The fourth-order valence-corrected chi connectivity index (χ4v) is 1.25. The summed E-state index contributed by atoms with van der Waals surface area (Å²) in [6, 6.07) is 2.31. The van der Waals surface area contributed by atoms with Gasteiger partial charge in [-0.25, -0.2) is 0 Å².